The maximum absolute atomic E-state index is 12.0. The van der Waals surface area contributed by atoms with Crippen molar-refractivity contribution < 1.29 is 0 Å². The van der Waals surface area contributed by atoms with Crippen LogP contribution in [0.15, 0.2) is 9.59 Å². The molecule has 0 spiro atoms. The molecule has 3 N–H and O–H groups in total. The smallest absolute Gasteiger partial charge is 0.346 e. The monoisotopic (exact) mass is 267 g/mol. The zero-order valence-electron chi connectivity index (χ0n) is 11.4. The van der Waals surface area contributed by atoms with Crippen LogP contribution in [-0.4, -0.2) is 26.9 Å². The Morgan fingerprint density at radius 3 is 2.58 bits per heavy atom. The number of nitrogens with one attached hydrogen (secondary N) is 1. The molecule has 0 aromatic carbocycles. The minimum Gasteiger partial charge on any atom is -0.360 e. The van der Waals surface area contributed by atoms with Crippen LogP contribution in [-0.2, 0) is 14.1 Å². The summed E-state index contributed by atoms with van der Waals surface area (Å²) in [6.45, 7) is 0.457. The Morgan fingerprint density at radius 2 is 2.00 bits per heavy atom. The van der Waals surface area contributed by atoms with Crippen molar-refractivity contribution in [2.24, 2.45) is 25.7 Å². The van der Waals surface area contributed by atoms with Crippen LogP contribution >= 0.6 is 0 Å². The van der Waals surface area contributed by atoms with Crippen molar-refractivity contribution in [1.82, 2.24) is 14.3 Å². The first kappa shape index (κ1) is 13.8. The number of nitrogens with zero attached hydrogens (tertiary/aromatic N) is 3. The normalized spacial score (nSPS) is 17.6. The molecule has 0 aliphatic heterocycles. The third-order valence-corrected chi connectivity index (χ3v) is 3.87. The Kier molecular flexibility index (Phi) is 4.04. The van der Waals surface area contributed by atoms with Crippen molar-refractivity contribution in [3.8, 4) is 0 Å². The van der Waals surface area contributed by atoms with Crippen LogP contribution in [0.1, 0.15) is 25.7 Å². The fraction of sp³-hybridized carbons (Fsp3) is 0.750. The Balaban J connectivity index is 2.27. The lowest BCUT2D eigenvalue weighted by molar-refractivity contribution is 0.457. The highest BCUT2D eigenvalue weighted by Gasteiger charge is 2.25. The molecule has 1 aromatic rings. The van der Waals surface area contributed by atoms with E-state index in [9.17, 15) is 9.59 Å². The molecular formula is C12H21N5O2. The number of hydrogen-bond acceptors (Lipinski definition) is 5. The van der Waals surface area contributed by atoms with Gasteiger partial charge in [0, 0.05) is 26.7 Å². The largest absolute Gasteiger partial charge is 0.360 e. The van der Waals surface area contributed by atoms with E-state index in [4.69, 9.17) is 5.73 Å². The minimum absolute atomic E-state index is 0.0419. The second kappa shape index (κ2) is 5.56. The SMILES string of the molecule is Cn1nc(NC(CN)C2CCCC2)c(=O)n(C)c1=O. The quantitative estimate of drug-likeness (QED) is 0.760. The number of hydrogen-bond donors (Lipinski definition) is 2. The Bertz CT molecular complexity index is 556. The second-order valence-electron chi connectivity index (χ2n) is 5.15. The van der Waals surface area contributed by atoms with E-state index in [0.717, 1.165) is 22.1 Å². The molecule has 106 valence electrons. The van der Waals surface area contributed by atoms with E-state index in [1.165, 1.54) is 26.9 Å². The fourth-order valence-corrected chi connectivity index (χ4v) is 2.69. The lowest BCUT2D eigenvalue weighted by Crippen LogP contribution is -2.43. The van der Waals surface area contributed by atoms with Gasteiger partial charge in [-0.3, -0.25) is 9.36 Å². The van der Waals surface area contributed by atoms with Crippen LogP contribution in [0.25, 0.3) is 0 Å². The predicted octanol–water partition coefficient (Wildman–Crippen LogP) is -0.592. The number of anilines is 1. The van der Waals surface area contributed by atoms with Crippen molar-refractivity contribution in [1.29, 1.82) is 0 Å². The molecule has 2 rings (SSSR count). The summed E-state index contributed by atoms with van der Waals surface area (Å²) in [5.41, 5.74) is 4.96. The summed E-state index contributed by atoms with van der Waals surface area (Å²) in [7, 11) is 2.98. The fourth-order valence-electron chi connectivity index (χ4n) is 2.69. The van der Waals surface area contributed by atoms with Gasteiger partial charge < -0.3 is 11.1 Å². The van der Waals surface area contributed by atoms with Gasteiger partial charge in [-0.05, 0) is 18.8 Å². The van der Waals surface area contributed by atoms with Gasteiger partial charge in [0.1, 0.15) is 0 Å². The molecule has 1 aliphatic carbocycles. The molecule has 0 saturated heterocycles. The van der Waals surface area contributed by atoms with Gasteiger partial charge in [-0.15, -0.1) is 5.10 Å². The molecule has 19 heavy (non-hydrogen) atoms. The van der Waals surface area contributed by atoms with Crippen LogP contribution in [0.4, 0.5) is 5.82 Å². The molecule has 1 atom stereocenters. The van der Waals surface area contributed by atoms with E-state index in [0.29, 0.717) is 12.5 Å². The molecule has 1 heterocycles. The maximum Gasteiger partial charge on any atom is 0.346 e. The summed E-state index contributed by atoms with van der Waals surface area (Å²) in [5.74, 6) is 0.681. The molecule has 1 fully saturated rings. The minimum atomic E-state index is -0.430. The topological polar surface area (TPSA) is 94.9 Å². The third-order valence-electron chi connectivity index (χ3n) is 3.87. The van der Waals surface area contributed by atoms with Crippen LogP contribution < -0.4 is 22.3 Å². The van der Waals surface area contributed by atoms with Crippen molar-refractivity contribution in [2.75, 3.05) is 11.9 Å². The summed E-state index contributed by atoms with van der Waals surface area (Å²) < 4.78 is 2.21. The summed E-state index contributed by atoms with van der Waals surface area (Å²) in [6.07, 6.45) is 4.67. The number of aryl methyl sites for hydroxylation is 1. The van der Waals surface area contributed by atoms with E-state index >= 15 is 0 Å². The first-order chi connectivity index (χ1) is 9.04. The molecule has 1 saturated carbocycles. The van der Waals surface area contributed by atoms with Gasteiger partial charge in [0.15, 0.2) is 0 Å². The van der Waals surface area contributed by atoms with Crippen LogP contribution in [0.3, 0.4) is 0 Å². The van der Waals surface area contributed by atoms with Crippen LogP contribution in [0.2, 0.25) is 0 Å². The molecule has 7 nitrogen and oxygen atoms in total. The summed E-state index contributed by atoms with van der Waals surface area (Å²) in [4.78, 5) is 23.6. The average Bonchev–Trinajstić information content (AvgIpc) is 2.93. The predicted molar refractivity (Wildman–Crippen MR) is 73.1 cm³/mol. The molecular weight excluding hydrogens is 246 g/mol. The van der Waals surface area contributed by atoms with Gasteiger partial charge in [0.2, 0.25) is 5.82 Å². The molecule has 1 aliphatic rings. The highest BCUT2D eigenvalue weighted by atomic mass is 16.2. The second-order valence-corrected chi connectivity index (χ2v) is 5.15. The zero-order valence-corrected chi connectivity index (χ0v) is 11.4. The summed E-state index contributed by atoms with van der Waals surface area (Å²) in [6, 6.07) is 0.0419. The van der Waals surface area contributed by atoms with Gasteiger partial charge in [-0.25, -0.2) is 9.48 Å². The number of nitrogens with two attached hydrogens (primary N) is 1. The van der Waals surface area contributed by atoms with E-state index in [1.54, 1.807) is 0 Å². The molecule has 7 heteroatoms. The Hall–Kier alpha value is -1.63. The zero-order chi connectivity index (χ0) is 14.0. The highest BCUT2D eigenvalue weighted by Crippen LogP contribution is 2.28. The third kappa shape index (κ3) is 2.70. The summed E-state index contributed by atoms with van der Waals surface area (Å²) in [5, 5.41) is 7.12. The van der Waals surface area contributed by atoms with Crippen molar-refractivity contribution in [3.05, 3.63) is 20.8 Å². The first-order valence-electron chi connectivity index (χ1n) is 6.65. The Morgan fingerprint density at radius 1 is 1.37 bits per heavy atom. The van der Waals surface area contributed by atoms with Crippen LogP contribution in [0, 0.1) is 5.92 Å². The maximum atomic E-state index is 12.0. The van der Waals surface area contributed by atoms with Gasteiger partial charge >= 0.3 is 5.69 Å². The molecule has 0 amide bonds. The van der Waals surface area contributed by atoms with Crippen molar-refractivity contribution in [3.63, 3.8) is 0 Å². The molecule has 1 aromatic heterocycles. The van der Waals surface area contributed by atoms with Crippen molar-refractivity contribution >= 4 is 5.82 Å². The van der Waals surface area contributed by atoms with Gasteiger partial charge in [0.05, 0.1) is 0 Å². The molecule has 1 unspecified atom stereocenters. The first-order valence-corrected chi connectivity index (χ1v) is 6.65. The van der Waals surface area contributed by atoms with Crippen molar-refractivity contribution in [2.45, 2.75) is 31.7 Å². The number of rotatable bonds is 4. The summed E-state index contributed by atoms with van der Waals surface area (Å²) >= 11 is 0. The Labute approximate surface area is 111 Å². The van der Waals surface area contributed by atoms with Gasteiger partial charge in [-0.2, -0.15) is 0 Å². The standard InChI is InChI=1S/C12H21N5O2/c1-16-11(18)10(15-17(2)12(16)19)14-9(7-13)8-5-3-4-6-8/h8-9H,3-7,13H2,1-2H3,(H,14,15). The van der Waals surface area contributed by atoms with E-state index in [2.05, 4.69) is 10.4 Å². The highest BCUT2D eigenvalue weighted by molar-refractivity contribution is 5.31. The molecule has 0 radical (unpaired) electrons. The van der Waals surface area contributed by atoms with Gasteiger partial charge in [-0.1, -0.05) is 12.8 Å². The van der Waals surface area contributed by atoms with Gasteiger partial charge in [0.25, 0.3) is 5.56 Å². The molecule has 0 bridgehead atoms. The lowest BCUT2D eigenvalue weighted by Gasteiger charge is -2.23. The lowest BCUT2D eigenvalue weighted by atomic mass is 9.98. The van der Waals surface area contributed by atoms with E-state index < -0.39 is 11.2 Å². The van der Waals surface area contributed by atoms with E-state index in [-0.39, 0.29) is 11.9 Å². The number of aromatic nitrogens is 3. The van der Waals surface area contributed by atoms with E-state index in [1.807, 2.05) is 0 Å². The average molecular weight is 267 g/mol. The van der Waals surface area contributed by atoms with Crippen LogP contribution in [0.5, 0.6) is 0 Å².